The lowest BCUT2D eigenvalue weighted by atomic mass is 10.1. The molecule has 0 saturated carbocycles. The molecule has 2 rings (SSSR count). The van der Waals surface area contributed by atoms with Crippen LogP contribution in [0.4, 0.5) is 10.1 Å². The third-order valence-corrected chi connectivity index (χ3v) is 2.54. The van der Waals surface area contributed by atoms with Crippen molar-refractivity contribution in [1.82, 2.24) is 4.98 Å². The maximum absolute atomic E-state index is 12.8. The molecule has 88 valence electrons. The van der Waals surface area contributed by atoms with E-state index in [9.17, 15) is 4.39 Å². The average molecular weight is 232 g/mol. The number of rotatable bonds is 3. The van der Waals surface area contributed by atoms with Crippen LogP contribution in [0.3, 0.4) is 0 Å². The van der Waals surface area contributed by atoms with Gasteiger partial charge in [0.05, 0.1) is 5.69 Å². The van der Waals surface area contributed by atoms with E-state index in [-0.39, 0.29) is 12.5 Å². The molecule has 0 aliphatic carbocycles. The first-order valence-corrected chi connectivity index (χ1v) is 5.24. The van der Waals surface area contributed by atoms with Crippen LogP contribution in [-0.4, -0.2) is 23.9 Å². The molecule has 0 amide bonds. The minimum Gasteiger partial charge on any atom is -0.376 e. The summed E-state index contributed by atoms with van der Waals surface area (Å²) < 4.78 is 12.8. The van der Waals surface area contributed by atoms with E-state index in [0.29, 0.717) is 0 Å². The van der Waals surface area contributed by atoms with Crippen LogP contribution >= 0.6 is 0 Å². The molecular formula is C13H13FN2O. The Labute approximate surface area is 99.2 Å². The van der Waals surface area contributed by atoms with Crippen molar-refractivity contribution in [3.05, 3.63) is 48.4 Å². The maximum Gasteiger partial charge on any atom is 0.123 e. The summed E-state index contributed by atoms with van der Waals surface area (Å²) in [6.07, 6.45) is 1.67. The van der Waals surface area contributed by atoms with E-state index in [1.54, 1.807) is 30.3 Å². The molecule has 4 heteroatoms. The Morgan fingerprint density at radius 3 is 2.59 bits per heavy atom. The topological polar surface area (TPSA) is 36.4 Å². The van der Waals surface area contributed by atoms with Crippen molar-refractivity contribution < 1.29 is 9.50 Å². The number of aromatic nitrogens is 1. The molecule has 0 atom stereocenters. The van der Waals surface area contributed by atoms with Gasteiger partial charge in [0.2, 0.25) is 0 Å². The minimum atomic E-state index is -0.266. The number of anilines is 1. The zero-order valence-electron chi connectivity index (χ0n) is 9.47. The average Bonchev–Trinajstić information content (AvgIpc) is 2.39. The standard InChI is InChI=1S/C13H13FN2O/c1-16(9-17)12-6-7-15-13(8-12)10-2-4-11(14)5-3-10/h2-8,17H,9H2,1H3. The van der Waals surface area contributed by atoms with Crippen LogP contribution in [0.5, 0.6) is 0 Å². The van der Waals surface area contributed by atoms with Crippen LogP contribution in [0, 0.1) is 5.82 Å². The predicted octanol–water partition coefficient (Wildman–Crippen LogP) is 2.27. The molecule has 0 fully saturated rings. The molecule has 1 heterocycles. The number of nitrogens with zero attached hydrogens (tertiary/aromatic N) is 2. The summed E-state index contributed by atoms with van der Waals surface area (Å²) in [4.78, 5) is 5.91. The van der Waals surface area contributed by atoms with Crippen LogP contribution in [-0.2, 0) is 0 Å². The highest BCUT2D eigenvalue weighted by atomic mass is 19.1. The predicted molar refractivity (Wildman–Crippen MR) is 65.1 cm³/mol. The third-order valence-electron chi connectivity index (χ3n) is 2.54. The second-order valence-corrected chi connectivity index (χ2v) is 3.75. The van der Waals surface area contributed by atoms with Crippen molar-refractivity contribution in [1.29, 1.82) is 0 Å². The number of halogens is 1. The van der Waals surface area contributed by atoms with E-state index >= 15 is 0 Å². The fourth-order valence-electron chi connectivity index (χ4n) is 1.52. The fraction of sp³-hybridized carbons (Fsp3) is 0.154. The van der Waals surface area contributed by atoms with Crippen molar-refractivity contribution in [3.8, 4) is 11.3 Å². The van der Waals surface area contributed by atoms with Gasteiger partial charge < -0.3 is 10.0 Å². The molecule has 0 saturated heterocycles. The highest BCUT2D eigenvalue weighted by Crippen LogP contribution is 2.21. The summed E-state index contributed by atoms with van der Waals surface area (Å²) in [5.74, 6) is -0.266. The Kier molecular flexibility index (Phi) is 3.35. The Morgan fingerprint density at radius 2 is 1.94 bits per heavy atom. The zero-order valence-corrected chi connectivity index (χ0v) is 9.47. The van der Waals surface area contributed by atoms with Gasteiger partial charge in [-0.3, -0.25) is 4.98 Å². The van der Waals surface area contributed by atoms with Crippen LogP contribution in [0.25, 0.3) is 11.3 Å². The van der Waals surface area contributed by atoms with E-state index in [2.05, 4.69) is 4.98 Å². The summed E-state index contributed by atoms with van der Waals surface area (Å²) in [6, 6.07) is 9.83. The van der Waals surface area contributed by atoms with Gasteiger partial charge >= 0.3 is 0 Å². The minimum absolute atomic E-state index is 0.0626. The van der Waals surface area contributed by atoms with Gasteiger partial charge in [-0.15, -0.1) is 0 Å². The van der Waals surface area contributed by atoms with Gasteiger partial charge in [0.1, 0.15) is 12.5 Å². The van der Waals surface area contributed by atoms with Crippen LogP contribution < -0.4 is 4.90 Å². The molecule has 0 aliphatic heterocycles. The highest BCUT2D eigenvalue weighted by molar-refractivity contribution is 5.64. The SMILES string of the molecule is CN(CO)c1ccnc(-c2ccc(F)cc2)c1. The summed E-state index contributed by atoms with van der Waals surface area (Å²) in [5.41, 5.74) is 2.46. The second-order valence-electron chi connectivity index (χ2n) is 3.75. The Hall–Kier alpha value is -1.94. The first kappa shape index (κ1) is 11.5. The van der Waals surface area contributed by atoms with E-state index in [1.165, 1.54) is 12.1 Å². The van der Waals surface area contributed by atoms with Crippen molar-refractivity contribution >= 4 is 5.69 Å². The number of benzene rings is 1. The summed E-state index contributed by atoms with van der Waals surface area (Å²) in [7, 11) is 1.78. The van der Waals surface area contributed by atoms with Gasteiger partial charge in [-0.25, -0.2) is 4.39 Å². The number of aliphatic hydroxyl groups excluding tert-OH is 1. The smallest absolute Gasteiger partial charge is 0.123 e. The second kappa shape index (κ2) is 4.93. The molecule has 3 nitrogen and oxygen atoms in total. The highest BCUT2D eigenvalue weighted by Gasteiger charge is 2.03. The summed E-state index contributed by atoms with van der Waals surface area (Å²) in [5, 5.41) is 9.04. The van der Waals surface area contributed by atoms with Gasteiger partial charge in [0.25, 0.3) is 0 Å². The van der Waals surface area contributed by atoms with Crippen molar-refractivity contribution in [2.75, 3.05) is 18.7 Å². The van der Waals surface area contributed by atoms with Crippen LogP contribution in [0.2, 0.25) is 0 Å². The Morgan fingerprint density at radius 1 is 1.24 bits per heavy atom. The third kappa shape index (κ3) is 2.60. The number of hydrogen-bond acceptors (Lipinski definition) is 3. The van der Waals surface area contributed by atoms with Crippen molar-refractivity contribution in [2.24, 2.45) is 0 Å². The van der Waals surface area contributed by atoms with Gasteiger partial charge in [-0.05, 0) is 36.4 Å². The molecule has 17 heavy (non-hydrogen) atoms. The quantitative estimate of drug-likeness (QED) is 0.825. The monoisotopic (exact) mass is 232 g/mol. The number of aliphatic hydroxyl groups is 1. The maximum atomic E-state index is 12.8. The van der Waals surface area contributed by atoms with E-state index < -0.39 is 0 Å². The molecule has 0 aliphatic rings. The molecule has 0 radical (unpaired) electrons. The van der Waals surface area contributed by atoms with E-state index in [0.717, 1.165) is 16.9 Å². The molecule has 0 unspecified atom stereocenters. The van der Waals surface area contributed by atoms with Crippen LogP contribution in [0.15, 0.2) is 42.6 Å². The van der Waals surface area contributed by atoms with Crippen molar-refractivity contribution in [2.45, 2.75) is 0 Å². The van der Waals surface area contributed by atoms with Gasteiger partial charge in [-0.1, -0.05) is 0 Å². The van der Waals surface area contributed by atoms with Gasteiger partial charge in [-0.2, -0.15) is 0 Å². The van der Waals surface area contributed by atoms with Gasteiger partial charge in [0.15, 0.2) is 0 Å². The Balaban J connectivity index is 2.36. The summed E-state index contributed by atoms with van der Waals surface area (Å²) >= 11 is 0. The van der Waals surface area contributed by atoms with Crippen LogP contribution in [0.1, 0.15) is 0 Å². The van der Waals surface area contributed by atoms with E-state index in [1.807, 2.05) is 12.1 Å². The first-order valence-electron chi connectivity index (χ1n) is 5.24. The molecule has 1 aromatic carbocycles. The largest absolute Gasteiger partial charge is 0.376 e. The molecule has 2 aromatic rings. The van der Waals surface area contributed by atoms with Gasteiger partial charge in [0, 0.05) is 24.5 Å². The van der Waals surface area contributed by atoms with E-state index in [4.69, 9.17) is 5.11 Å². The lowest BCUT2D eigenvalue weighted by Crippen LogP contribution is -2.17. The zero-order chi connectivity index (χ0) is 12.3. The lowest BCUT2D eigenvalue weighted by Gasteiger charge is -2.16. The molecule has 0 bridgehead atoms. The fourth-order valence-corrected chi connectivity index (χ4v) is 1.52. The molecule has 0 spiro atoms. The number of hydrogen-bond donors (Lipinski definition) is 1. The normalized spacial score (nSPS) is 10.3. The number of pyridine rings is 1. The molecule has 1 aromatic heterocycles. The lowest BCUT2D eigenvalue weighted by molar-refractivity contribution is 0.298. The first-order chi connectivity index (χ1) is 8.20. The Bertz CT molecular complexity index is 499. The summed E-state index contributed by atoms with van der Waals surface area (Å²) in [6.45, 7) is -0.0626. The molecular weight excluding hydrogens is 219 g/mol. The van der Waals surface area contributed by atoms with Crippen molar-refractivity contribution in [3.63, 3.8) is 0 Å². The molecule has 1 N–H and O–H groups in total.